The van der Waals surface area contributed by atoms with Crippen LogP contribution in [-0.2, 0) is 13.2 Å². The highest BCUT2D eigenvalue weighted by Gasteiger charge is 2.23. The number of aliphatic hydroxyl groups is 1. The second-order valence-electron chi connectivity index (χ2n) is 8.35. The van der Waals surface area contributed by atoms with Crippen molar-refractivity contribution in [3.05, 3.63) is 77.1 Å². The van der Waals surface area contributed by atoms with Crippen LogP contribution in [0, 0.1) is 6.92 Å². The monoisotopic (exact) mass is 432 g/mol. The molecule has 168 valence electrons. The fourth-order valence-corrected chi connectivity index (χ4v) is 4.34. The fourth-order valence-electron chi connectivity index (χ4n) is 4.34. The summed E-state index contributed by atoms with van der Waals surface area (Å²) in [7, 11) is 0. The maximum atomic E-state index is 9.70. The molecule has 0 spiro atoms. The predicted molar refractivity (Wildman–Crippen MR) is 127 cm³/mol. The van der Waals surface area contributed by atoms with Gasteiger partial charge >= 0.3 is 0 Å². The number of piperidine rings is 1. The first-order valence-electron chi connectivity index (χ1n) is 11.4. The van der Waals surface area contributed by atoms with Crippen LogP contribution >= 0.6 is 0 Å². The SMILES string of the molecule is CCOc1ccc(CN2CCC[C@@H](c3cccc(Nc4ncccc4C)n3)C2)cc1CO. The number of anilines is 2. The van der Waals surface area contributed by atoms with Gasteiger partial charge in [0.1, 0.15) is 17.4 Å². The van der Waals surface area contributed by atoms with E-state index >= 15 is 0 Å². The number of aryl methyl sites for hydroxylation is 1. The molecule has 0 bridgehead atoms. The molecule has 2 N–H and O–H groups in total. The Morgan fingerprint density at radius 2 is 2.09 bits per heavy atom. The maximum absolute atomic E-state index is 9.70. The summed E-state index contributed by atoms with van der Waals surface area (Å²) >= 11 is 0. The number of likely N-dealkylation sites (tertiary alicyclic amines) is 1. The number of benzene rings is 1. The van der Waals surface area contributed by atoms with Gasteiger partial charge in [0.15, 0.2) is 0 Å². The van der Waals surface area contributed by atoms with Gasteiger partial charge in [0.05, 0.1) is 13.2 Å². The Morgan fingerprint density at radius 3 is 2.91 bits per heavy atom. The Kier molecular flexibility index (Phi) is 7.35. The molecule has 6 nitrogen and oxygen atoms in total. The minimum Gasteiger partial charge on any atom is -0.494 e. The smallest absolute Gasteiger partial charge is 0.134 e. The molecule has 0 aliphatic carbocycles. The van der Waals surface area contributed by atoms with Crippen LogP contribution in [0.2, 0.25) is 0 Å². The van der Waals surface area contributed by atoms with Crippen LogP contribution in [0.3, 0.4) is 0 Å². The molecule has 3 aromatic rings. The quantitative estimate of drug-likeness (QED) is 0.533. The molecule has 6 heteroatoms. The first-order valence-corrected chi connectivity index (χ1v) is 11.4. The summed E-state index contributed by atoms with van der Waals surface area (Å²) in [6, 6.07) is 16.3. The van der Waals surface area contributed by atoms with E-state index in [4.69, 9.17) is 9.72 Å². The normalized spacial score (nSPS) is 16.7. The van der Waals surface area contributed by atoms with Crippen molar-refractivity contribution >= 4 is 11.6 Å². The van der Waals surface area contributed by atoms with Crippen LogP contribution in [0.4, 0.5) is 11.6 Å². The van der Waals surface area contributed by atoms with E-state index in [0.717, 1.165) is 66.7 Å². The number of aliphatic hydroxyl groups excluding tert-OH is 1. The average Bonchev–Trinajstić information content (AvgIpc) is 2.82. The highest BCUT2D eigenvalue weighted by atomic mass is 16.5. The minimum absolute atomic E-state index is 0.00867. The molecule has 3 heterocycles. The summed E-state index contributed by atoms with van der Waals surface area (Å²) in [6.45, 7) is 7.50. The molecule has 4 rings (SSSR count). The summed E-state index contributed by atoms with van der Waals surface area (Å²) in [4.78, 5) is 11.8. The molecule has 0 radical (unpaired) electrons. The number of hydrogen-bond acceptors (Lipinski definition) is 6. The lowest BCUT2D eigenvalue weighted by Gasteiger charge is -2.32. The average molecular weight is 433 g/mol. The Bertz CT molecular complexity index is 1040. The number of hydrogen-bond donors (Lipinski definition) is 2. The zero-order valence-electron chi connectivity index (χ0n) is 18.9. The van der Waals surface area contributed by atoms with Crippen LogP contribution in [-0.4, -0.2) is 39.7 Å². The molecule has 0 saturated carbocycles. The highest BCUT2D eigenvalue weighted by Crippen LogP contribution is 2.29. The van der Waals surface area contributed by atoms with Gasteiger partial charge in [-0.25, -0.2) is 9.97 Å². The summed E-state index contributed by atoms with van der Waals surface area (Å²) in [5.41, 5.74) is 4.27. The molecule has 1 aromatic carbocycles. The molecule has 0 amide bonds. The van der Waals surface area contributed by atoms with E-state index in [9.17, 15) is 5.11 Å². The molecular weight excluding hydrogens is 400 g/mol. The second kappa shape index (κ2) is 10.6. The second-order valence-corrected chi connectivity index (χ2v) is 8.35. The molecule has 1 fully saturated rings. The van der Waals surface area contributed by atoms with E-state index < -0.39 is 0 Å². The van der Waals surface area contributed by atoms with Gasteiger partial charge in [-0.15, -0.1) is 0 Å². The van der Waals surface area contributed by atoms with Gasteiger partial charge in [-0.05, 0) is 74.7 Å². The zero-order valence-corrected chi connectivity index (χ0v) is 18.9. The molecule has 1 saturated heterocycles. The van der Waals surface area contributed by atoms with Crippen molar-refractivity contribution in [1.29, 1.82) is 0 Å². The van der Waals surface area contributed by atoms with Gasteiger partial charge in [0, 0.05) is 36.5 Å². The van der Waals surface area contributed by atoms with E-state index in [-0.39, 0.29) is 6.61 Å². The summed E-state index contributed by atoms with van der Waals surface area (Å²) in [5.74, 6) is 2.85. The van der Waals surface area contributed by atoms with E-state index in [0.29, 0.717) is 12.5 Å². The van der Waals surface area contributed by atoms with Gasteiger partial charge in [-0.3, -0.25) is 4.90 Å². The van der Waals surface area contributed by atoms with Gasteiger partial charge in [0.2, 0.25) is 0 Å². The Morgan fingerprint density at radius 1 is 1.19 bits per heavy atom. The Labute approximate surface area is 190 Å². The molecule has 1 aliphatic heterocycles. The third-order valence-electron chi connectivity index (χ3n) is 5.95. The molecule has 2 aromatic heterocycles. The molecule has 32 heavy (non-hydrogen) atoms. The summed E-state index contributed by atoms with van der Waals surface area (Å²) in [6.07, 6.45) is 4.08. The number of nitrogens with one attached hydrogen (secondary N) is 1. The van der Waals surface area contributed by atoms with Gasteiger partial charge < -0.3 is 15.2 Å². The van der Waals surface area contributed by atoms with E-state index in [1.54, 1.807) is 6.20 Å². The number of aromatic nitrogens is 2. The molecular formula is C26H32N4O2. The van der Waals surface area contributed by atoms with E-state index in [2.05, 4.69) is 39.5 Å². The van der Waals surface area contributed by atoms with Crippen molar-refractivity contribution < 1.29 is 9.84 Å². The van der Waals surface area contributed by atoms with Gasteiger partial charge in [0.25, 0.3) is 0 Å². The van der Waals surface area contributed by atoms with Crippen LogP contribution in [0.1, 0.15) is 48.1 Å². The third kappa shape index (κ3) is 5.44. The van der Waals surface area contributed by atoms with Crippen LogP contribution in [0.15, 0.2) is 54.7 Å². The first kappa shape index (κ1) is 22.2. The Hall–Kier alpha value is -2.96. The molecule has 1 aliphatic rings. The summed E-state index contributed by atoms with van der Waals surface area (Å²) in [5, 5.41) is 13.1. The van der Waals surface area contributed by atoms with E-state index in [1.807, 2.05) is 38.1 Å². The predicted octanol–water partition coefficient (Wildman–Crippen LogP) is 4.80. The van der Waals surface area contributed by atoms with Gasteiger partial charge in [-0.1, -0.05) is 18.2 Å². The van der Waals surface area contributed by atoms with Crippen molar-refractivity contribution in [3.8, 4) is 5.75 Å². The standard InChI is InChI=1S/C26H32N4O2/c1-3-32-24-12-11-20(15-22(24)18-31)16-30-14-6-8-21(17-30)23-9-4-10-25(28-23)29-26-19(2)7-5-13-27-26/h4-5,7,9-13,15,21,31H,3,6,8,14,16-18H2,1-2H3,(H,27,28,29)/t21-/m1/s1. The lowest BCUT2D eigenvalue weighted by molar-refractivity contribution is 0.198. The highest BCUT2D eigenvalue weighted by molar-refractivity contribution is 5.55. The number of pyridine rings is 2. The van der Waals surface area contributed by atoms with Crippen molar-refractivity contribution in [2.24, 2.45) is 0 Å². The third-order valence-corrected chi connectivity index (χ3v) is 5.95. The van der Waals surface area contributed by atoms with Crippen molar-refractivity contribution in [2.75, 3.05) is 25.0 Å². The number of nitrogens with zero attached hydrogens (tertiary/aromatic N) is 3. The van der Waals surface area contributed by atoms with Crippen LogP contribution in [0.25, 0.3) is 0 Å². The van der Waals surface area contributed by atoms with Crippen molar-refractivity contribution in [2.45, 2.75) is 45.8 Å². The van der Waals surface area contributed by atoms with Crippen molar-refractivity contribution in [3.63, 3.8) is 0 Å². The maximum Gasteiger partial charge on any atom is 0.134 e. The lowest BCUT2D eigenvalue weighted by Crippen LogP contribution is -2.34. The largest absolute Gasteiger partial charge is 0.494 e. The topological polar surface area (TPSA) is 70.5 Å². The molecule has 1 atom stereocenters. The first-order chi connectivity index (χ1) is 15.7. The van der Waals surface area contributed by atoms with Crippen LogP contribution in [0.5, 0.6) is 5.75 Å². The number of rotatable bonds is 8. The van der Waals surface area contributed by atoms with Crippen molar-refractivity contribution in [1.82, 2.24) is 14.9 Å². The number of ether oxygens (including phenoxy) is 1. The minimum atomic E-state index is -0.00867. The lowest BCUT2D eigenvalue weighted by atomic mass is 9.94. The Balaban J connectivity index is 1.43. The van der Waals surface area contributed by atoms with Crippen LogP contribution < -0.4 is 10.1 Å². The molecule has 0 unspecified atom stereocenters. The zero-order chi connectivity index (χ0) is 22.3. The fraction of sp³-hybridized carbons (Fsp3) is 0.385. The van der Waals surface area contributed by atoms with Gasteiger partial charge in [-0.2, -0.15) is 0 Å². The van der Waals surface area contributed by atoms with E-state index in [1.165, 1.54) is 5.56 Å². The summed E-state index contributed by atoms with van der Waals surface area (Å²) < 4.78 is 5.62.